The smallest absolute Gasteiger partial charge is 0.140 e. The van der Waals surface area contributed by atoms with E-state index < -0.39 is 0 Å². The van der Waals surface area contributed by atoms with Gasteiger partial charge in [-0.05, 0) is 38.7 Å². The van der Waals surface area contributed by atoms with Crippen LogP contribution >= 0.6 is 0 Å². The average molecular weight is 432 g/mol. The molecular weight excluding hydrogens is 402 g/mol. The van der Waals surface area contributed by atoms with E-state index in [1.165, 1.54) is 12.1 Å². The molecule has 0 unspecified atom stereocenters. The summed E-state index contributed by atoms with van der Waals surface area (Å²) in [5.41, 5.74) is 4.95. The summed E-state index contributed by atoms with van der Waals surface area (Å²) in [6.45, 7) is 3.15. The number of nitrogens with zero attached hydrogens (tertiary/aromatic N) is 5. The summed E-state index contributed by atoms with van der Waals surface area (Å²) in [5.74, 6) is 0.782. The van der Waals surface area contributed by atoms with Crippen molar-refractivity contribution in [2.75, 3.05) is 52.4 Å². The van der Waals surface area contributed by atoms with E-state index in [1.54, 1.807) is 7.11 Å². The number of methoxy groups -OCH3 is 1. The first-order chi connectivity index (χ1) is 15.6. The van der Waals surface area contributed by atoms with E-state index in [0.717, 1.165) is 46.8 Å². The minimum absolute atomic E-state index is 0.514. The van der Waals surface area contributed by atoms with E-state index in [4.69, 9.17) is 14.5 Å². The summed E-state index contributed by atoms with van der Waals surface area (Å²) < 4.78 is 12.8. The molecule has 0 N–H and O–H groups in total. The van der Waals surface area contributed by atoms with Gasteiger partial charge in [-0.25, -0.2) is 9.97 Å². The van der Waals surface area contributed by atoms with E-state index in [0.29, 0.717) is 19.3 Å². The molecule has 3 aromatic heterocycles. The Bertz CT molecular complexity index is 1240. The van der Waals surface area contributed by atoms with Crippen molar-refractivity contribution < 1.29 is 9.47 Å². The standard InChI is InChI=1S/C25H29N5O2/c1-28(2)19-9-11-29(17-19)22-6-4-5-18-7-8-21(27-25(18)22)23-16-26-24-15-20(10-12-30(23)24)32-14-13-31-3/h4-8,10,12,15-16,19H,9,11,13-14,17H2,1-3H3/t19-/m1/s1. The summed E-state index contributed by atoms with van der Waals surface area (Å²) in [6, 6.07) is 15.1. The van der Waals surface area contributed by atoms with Crippen molar-refractivity contribution in [1.82, 2.24) is 19.3 Å². The van der Waals surface area contributed by atoms with Crippen molar-refractivity contribution in [2.45, 2.75) is 12.5 Å². The number of rotatable bonds is 7. The van der Waals surface area contributed by atoms with Gasteiger partial charge in [0.2, 0.25) is 0 Å². The Hall–Kier alpha value is -3.16. The number of fused-ring (bicyclic) bond motifs is 2. The highest BCUT2D eigenvalue weighted by atomic mass is 16.5. The van der Waals surface area contributed by atoms with Crippen LogP contribution in [-0.4, -0.2) is 72.8 Å². The monoisotopic (exact) mass is 431 g/mol. The van der Waals surface area contributed by atoms with Crippen LogP contribution in [0.15, 0.2) is 54.9 Å². The van der Waals surface area contributed by atoms with Crippen molar-refractivity contribution in [1.29, 1.82) is 0 Å². The first kappa shape index (κ1) is 20.7. The molecule has 5 rings (SSSR count). The molecule has 0 spiro atoms. The predicted octanol–water partition coefficient (Wildman–Crippen LogP) is 3.72. The number of pyridine rings is 2. The molecule has 1 fully saturated rings. The molecule has 0 radical (unpaired) electrons. The molecule has 1 aliphatic heterocycles. The maximum absolute atomic E-state index is 5.72. The van der Waals surface area contributed by atoms with Gasteiger partial charge < -0.3 is 19.3 Å². The number of imidazole rings is 1. The third kappa shape index (κ3) is 3.89. The highest BCUT2D eigenvalue weighted by molar-refractivity contribution is 5.92. The Kier molecular flexibility index (Phi) is 5.68. The highest BCUT2D eigenvalue weighted by Gasteiger charge is 2.25. The van der Waals surface area contributed by atoms with Crippen LogP contribution in [0.1, 0.15) is 6.42 Å². The number of ether oxygens (including phenoxy) is 2. The summed E-state index contributed by atoms with van der Waals surface area (Å²) in [5, 5.41) is 1.15. The number of anilines is 1. The van der Waals surface area contributed by atoms with Crippen LogP contribution in [0, 0.1) is 0 Å². The van der Waals surface area contributed by atoms with E-state index in [9.17, 15) is 0 Å². The molecule has 32 heavy (non-hydrogen) atoms. The molecule has 1 aliphatic rings. The molecule has 4 heterocycles. The van der Waals surface area contributed by atoms with Crippen LogP contribution in [0.2, 0.25) is 0 Å². The zero-order valence-corrected chi connectivity index (χ0v) is 18.9. The number of hydrogen-bond acceptors (Lipinski definition) is 6. The molecule has 1 atom stereocenters. The molecule has 0 aliphatic carbocycles. The third-order valence-electron chi connectivity index (χ3n) is 6.24. The Morgan fingerprint density at radius 1 is 1.12 bits per heavy atom. The lowest BCUT2D eigenvalue weighted by Crippen LogP contribution is -2.31. The number of likely N-dealkylation sites (N-methyl/N-ethyl adjacent to an activating group) is 1. The minimum Gasteiger partial charge on any atom is -0.491 e. The fraction of sp³-hybridized carbons (Fsp3) is 0.360. The molecule has 0 bridgehead atoms. The lowest BCUT2D eigenvalue weighted by Gasteiger charge is -2.22. The van der Waals surface area contributed by atoms with Crippen LogP contribution in [0.25, 0.3) is 27.9 Å². The van der Waals surface area contributed by atoms with Gasteiger partial charge in [0, 0.05) is 43.9 Å². The predicted molar refractivity (Wildman–Crippen MR) is 128 cm³/mol. The number of para-hydroxylation sites is 1. The first-order valence-corrected chi connectivity index (χ1v) is 11.0. The van der Waals surface area contributed by atoms with Gasteiger partial charge in [0.05, 0.1) is 35.4 Å². The Labute approximate surface area is 188 Å². The fourth-order valence-electron chi connectivity index (χ4n) is 4.40. The van der Waals surface area contributed by atoms with Crippen LogP contribution < -0.4 is 9.64 Å². The molecule has 1 saturated heterocycles. The van der Waals surface area contributed by atoms with Crippen molar-refractivity contribution in [2.24, 2.45) is 0 Å². The largest absolute Gasteiger partial charge is 0.491 e. The molecule has 0 saturated carbocycles. The first-order valence-electron chi connectivity index (χ1n) is 11.0. The Balaban J connectivity index is 1.49. The van der Waals surface area contributed by atoms with Gasteiger partial charge in [0.25, 0.3) is 0 Å². The van der Waals surface area contributed by atoms with Crippen molar-refractivity contribution in [3.8, 4) is 17.1 Å². The van der Waals surface area contributed by atoms with Crippen LogP contribution in [0.3, 0.4) is 0 Å². The Morgan fingerprint density at radius 3 is 2.84 bits per heavy atom. The molecule has 4 aromatic rings. The minimum atomic E-state index is 0.514. The normalized spacial score (nSPS) is 16.5. The number of benzene rings is 1. The molecule has 0 amide bonds. The van der Waals surface area contributed by atoms with Crippen LogP contribution in [0.5, 0.6) is 5.75 Å². The van der Waals surface area contributed by atoms with Crippen LogP contribution in [0.4, 0.5) is 5.69 Å². The lowest BCUT2D eigenvalue weighted by molar-refractivity contribution is 0.146. The molecule has 1 aromatic carbocycles. The summed E-state index contributed by atoms with van der Waals surface area (Å²) in [6.07, 6.45) is 5.04. The summed E-state index contributed by atoms with van der Waals surface area (Å²) in [4.78, 5) is 14.5. The van der Waals surface area contributed by atoms with Gasteiger partial charge in [-0.15, -0.1) is 0 Å². The van der Waals surface area contributed by atoms with E-state index in [1.807, 2.05) is 24.5 Å². The van der Waals surface area contributed by atoms with Crippen molar-refractivity contribution in [3.05, 3.63) is 54.9 Å². The maximum Gasteiger partial charge on any atom is 0.140 e. The average Bonchev–Trinajstić information content (AvgIpc) is 3.46. The quantitative estimate of drug-likeness (QED) is 0.416. The van der Waals surface area contributed by atoms with Crippen LogP contribution in [-0.2, 0) is 4.74 Å². The second-order valence-electron chi connectivity index (χ2n) is 8.47. The third-order valence-corrected chi connectivity index (χ3v) is 6.24. The topological polar surface area (TPSA) is 55.1 Å². The van der Waals surface area contributed by atoms with Gasteiger partial charge in [0.1, 0.15) is 18.0 Å². The summed E-state index contributed by atoms with van der Waals surface area (Å²) >= 11 is 0. The highest BCUT2D eigenvalue weighted by Crippen LogP contribution is 2.31. The van der Waals surface area contributed by atoms with E-state index in [2.05, 4.69) is 63.6 Å². The zero-order chi connectivity index (χ0) is 22.1. The van der Waals surface area contributed by atoms with Gasteiger partial charge in [-0.2, -0.15) is 0 Å². The van der Waals surface area contributed by atoms with Gasteiger partial charge in [-0.3, -0.25) is 4.40 Å². The van der Waals surface area contributed by atoms with Gasteiger partial charge >= 0.3 is 0 Å². The van der Waals surface area contributed by atoms with Crippen molar-refractivity contribution >= 4 is 22.2 Å². The molecular formula is C25H29N5O2. The number of hydrogen-bond donors (Lipinski definition) is 0. The van der Waals surface area contributed by atoms with Gasteiger partial charge in [-0.1, -0.05) is 18.2 Å². The Morgan fingerprint density at radius 2 is 2.03 bits per heavy atom. The fourth-order valence-corrected chi connectivity index (χ4v) is 4.40. The maximum atomic E-state index is 5.72. The second-order valence-corrected chi connectivity index (χ2v) is 8.47. The van der Waals surface area contributed by atoms with E-state index in [-0.39, 0.29) is 0 Å². The SMILES string of the molecule is COCCOc1ccn2c(-c3ccc4cccc(N5CC[C@@H](N(C)C)C5)c4n3)cnc2c1. The zero-order valence-electron chi connectivity index (χ0n) is 18.9. The number of aromatic nitrogens is 3. The summed E-state index contributed by atoms with van der Waals surface area (Å²) in [7, 11) is 5.98. The molecule has 7 nitrogen and oxygen atoms in total. The van der Waals surface area contributed by atoms with Gasteiger partial charge in [0.15, 0.2) is 0 Å². The molecule has 166 valence electrons. The van der Waals surface area contributed by atoms with E-state index >= 15 is 0 Å². The lowest BCUT2D eigenvalue weighted by atomic mass is 10.1. The van der Waals surface area contributed by atoms with Crippen molar-refractivity contribution in [3.63, 3.8) is 0 Å². The molecule has 7 heteroatoms. The second kappa shape index (κ2) is 8.76.